The summed E-state index contributed by atoms with van der Waals surface area (Å²) in [6, 6.07) is 0. The molecule has 0 bridgehead atoms. The van der Waals surface area contributed by atoms with Crippen LogP contribution in [0.5, 0.6) is 0 Å². The summed E-state index contributed by atoms with van der Waals surface area (Å²) in [4.78, 5) is 10.6. The normalized spacial score (nSPS) is 25.4. The minimum absolute atomic E-state index is 0.192. The molecule has 1 unspecified atom stereocenters. The first-order chi connectivity index (χ1) is 4.97. The van der Waals surface area contributed by atoms with Gasteiger partial charge in [0.25, 0.3) is 0 Å². The van der Waals surface area contributed by atoms with E-state index in [0.717, 1.165) is 0 Å². The highest BCUT2D eigenvalue weighted by atomic mass is 19.1. The summed E-state index contributed by atoms with van der Waals surface area (Å²) >= 11 is 0. The van der Waals surface area contributed by atoms with E-state index in [1.54, 1.807) is 0 Å². The Morgan fingerprint density at radius 3 is 2.73 bits per heavy atom. The number of carbonyl (C=O) groups is 1. The summed E-state index contributed by atoms with van der Waals surface area (Å²) in [5, 5.41) is 0. The minimum atomic E-state index is -1.23. The van der Waals surface area contributed by atoms with Gasteiger partial charge in [0.1, 0.15) is 11.8 Å². The molecule has 3 heteroatoms. The van der Waals surface area contributed by atoms with Crippen LogP contribution in [0.1, 0.15) is 33.1 Å². The van der Waals surface area contributed by atoms with Gasteiger partial charge in [0.15, 0.2) is 0 Å². The van der Waals surface area contributed by atoms with Crippen molar-refractivity contribution in [2.45, 2.75) is 44.9 Å². The van der Waals surface area contributed by atoms with Gasteiger partial charge in [0, 0.05) is 12.8 Å². The molecule has 0 aromatic heterocycles. The van der Waals surface area contributed by atoms with E-state index < -0.39 is 5.67 Å². The van der Waals surface area contributed by atoms with Crippen LogP contribution in [0.2, 0.25) is 0 Å². The first-order valence-corrected chi connectivity index (χ1v) is 3.86. The highest BCUT2D eigenvalue weighted by Crippen LogP contribution is 2.25. The maximum absolute atomic E-state index is 13.0. The highest BCUT2D eigenvalue weighted by Gasteiger charge is 2.29. The Kier molecular flexibility index (Phi) is 2.16. The highest BCUT2D eigenvalue weighted by molar-refractivity contribution is 5.71. The van der Waals surface area contributed by atoms with Gasteiger partial charge in [0.2, 0.25) is 0 Å². The van der Waals surface area contributed by atoms with Gasteiger partial charge in [-0.15, -0.1) is 0 Å². The largest absolute Gasteiger partial charge is 0.462 e. The van der Waals surface area contributed by atoms with Gasteiger partial charge in [-0.25, -0.2) is 4.39 Å². The van der Waals surface area contributed by atoms with Crippen molar-refractivity contribution < 1.29 is 13.9 Å². The topological polar surface area (TPSA) is 26.3 Å². The van der Waals surface area contributed by atoms with Gasteiger partial charge >= 0.3 is 5.97 Å². The van der Waals surface area contributed by atoms with Crippen molar-refractivity contribution >= 4 is 5.97 Å². The number of hydrogen-bond acceptors (Lipinski definition) is 2. The smallest absolute Gasteiger partial charge is 0.306 e. The SMILES string of the molecule is CC(C)(F)CC1CCC(=O)O1. The van der Waals surface area contributed by atoms with Crippen molar-refractivity contribution in [1.29, 1.82) is 0 Å². The van der Waals surface area contributed by atoms with Crippen LogP contribution < -0.4 is 0 Å². The summed E-state index contributed by atoms with van der Waals surface area (Å²) in [5.41, 5.74) is -1.23. The van der Waals surface area contributed by atoms with E-state index in [2.05, 4.69) is 0 Å². The fourth-order valence-corrected chi connectivity index (χ4v) is 1.27. The van der Waals surface area contributed by atoms with Gasteiger partial charge < -0.3 is 4.74 Å². The Balaban J connectivity index is 2.34. The molecular weight excluding hydrogens is 147 g/mol. The van der Waals surface area contributed by atoms with Crippen LogP contribution in [0.3, 0.4) is 0 Å². The van der Waals surface area contributed by atoms with Gasteiger partial charge in [-0.05, 0) is 20.3 Å². The van der Waals surface area contributed by atoms with E-state index in [-0.39, 0.29) is 12.1 Å². The number of esters is 1. The number of halogens is 1. The fraction of sp³-hybridized carbons (Fsp3) is 0.875. The quantitative estimate of drug-likeness (QED) is 0.576. The predicted octanol–water partition coefficient (Wildman–Crippen LogP) is 1.83. The Bertz CT molecular complexity index is 160. The van der Waals surface area contributed by atoms with Crippen LogP contribution in [-0.2, 0) is 9.53 Å². The van der Waals surface area contributed by atoms with E-state index in [9.17, 15) is 9.18 Å². The first-order valence-electron chi connectivity index (χ1n) is 3.86. The van der Waals surface area contributed by atoms with Crippen LogP contribution in [-0.4, -0.2) is 17.7 Å². The van der Waals surface area contributed by atoms with Gasteiger partial charge in [-0.3, -0.25) is 4.79 Å². The minimum Gasteiger partial charge on any atom is -0.462 e. The molecule has 0 amide bonds. The molecule has 0 radical (unpaired) electrons. The van der Waals surface area contributed by atoms with Crippen molar-refractivity contribution in [3.63, 3.8) is 0 Å². The number of hydrogen-bond donors (Lipinski definition) is 0. The molecule has 1 fully saturated rings. The molecule has 0 aromatic rings. The maximum atomic E-state index is 13.0. The molecule has 1 aliphatic rings. The summed E-state index contributed by atoms with van der Waals surface area (Å²) in [7, 11) is 0. The number of ether oxygens (including phenoxy) is 1. The average Bonchev–Trinajstić information content (AvgIpc) is 2.10. The van der Waals surface area contributed by atoms with Crippen LogP contribution >= 0.6 is 0 Å². The number of carbonyl (C=O) groups excluding carboxylic acids is 1. The fourth-order valence-electron chi connectivity index (χ4n) is 1.27. The van der Waals surface area contributed by atoms with Crippen molar-refractivity contribution in [2.75, 3.05) is 0 Å². The van der Waals surface area contributed by atoms with Crippen LogP contribution in [0, 0.1) is 0 Å². The maximum Gasteiger partial charge on any atom is 0.306 e. The number of cyclic esters (lactones) is 1. The van der Waals surface area contributed by atoms with Crippen molar-refractivity contribution in [3.8, 4) is 0 Å². The second kappa shape index (κ2) is 2.80. The summed E-state index contributed by atoms with van der Waals surface area (Å²) in [5.74, 6) is -0.195. The second-order valence-corrected chi connectivity index (χ2v) is 3.57. The molecule has 1 heterocycles. The van der Waals surface area contributed by atoms with Crippen LogP contribution in [0.4, 0.5) is 4.39 Å². The molecule has 1 aliphatic heterocycles. The first kappa shape index (κ1) is 8.50. The molecule has 2 nitrogen and oxygen atoms in total. The van der Waals surface area contributed by atoms with E-state index in [4.69, 9.17) is 4.74 Å². The second-order valence-electron chi connectivity index (χ2n) is 3.57. The lowest BCUT2D eigenvalue weighted by Gasteiger charge is -2.17. The molecule has 64 valence electrons. The zero-order chi connectivity index (χ0) is 8.48. The van der Waals surface area contributed by atoms with E-state index in [1.807, 2.05) is 0 Å². The standard InChI is InChI=1S/C8H13FO2/c1-8(2,9)5-6-3-4-7(10)11-6/h6H,3-5H2,1-2H3. The Morgan fingerprint density at radius 1 is 1.73 bits per heavy atom. The lowest BCUT2D eigenvalue weighted by atomic mass is 10.0. The molecule has 11 heavy (non-hydrogen) atoms. The van der Waals surface area contributed by atoms with Gasteiger partial charge in [0.05, 0.1) is 0 Å². The predicted molar refractivity (Wildman–Crippen MR) is 38.9 cm³/mol. The molecule has 0 aromatic carbocycles. The zero-order valence-corrected chi connectivity index (χ0v) is 6.89. The Morgan fingerprint density at radius 2 is 2.36 bits per heavy atom. The van der Waals surface area contributed by atoms with Gasteiger partial charge in [-0.1, -0.05) is 0 Å². The lowest BCUT2D eigenvalue weighted by Crippen LogP contribution is -2.21. The van der Waals surface area contributed by atoms with Crippen LogP contribution in [0.15, 0.2) is 0 Å². The Hall–Kier alpha value is -0.600. The third-order valence-corrected chi connectivity index (χ3v) is 1.68. The zero-order valence-electron chi connectivity index (χ0n) is 6.89. The summed E-state index contributed by atoms with van der Waals surface area (Å²) in [6.07, 6.45) is 1.24. The van der Waals surface area contributed by atoms with Crippen molar-refractivity contribution in [3.05, 3.63) is 0 Å². The Labute approximate surface area is 65.7 Å². The lowest BCUT2D eigenvalue weighted by molar-refractivity contribution is -0.142. The molecule has 0 N–H and O–H groups in total. The number of rotatable bonds is 2. The summed E-state index contributed by atoms with van der Waals surface area (Å²) < 4.78 is 17.8. The molecule has 0 spiro atoms. The van der Waals surface area contributed by atoms with E-state index in [0.29, 0.717) is 19.3 Å². The van der Waals surface area contributed by atoms with Gasteiger partial charge in [-0.2, -0.15) is 0 Å². The third kappa shape index (κ3) is 2.87. The van der Waals surface area contributed by atoms with E-state index >= 15 is 0 Å². The van der Waals surface area contributed by atoms with Crippen LogP contribution in [0.25, 0.3) is 0 Å². The van der Waals surface area contributed by atoms with Crippen molar-refractivity contribution in [2.24, 2.45) is 0 Å². The third-order valence-electron chi connectivity index (χ3n) is 1.68. The molecule has 0 saturated carbocycles. The molecule has 0 aliphatic carbocycles. The monoisotopic (exact) mass is 160 g/mol. The molecule has 1 rings (SSSR count). The molecule has 1 saturated heterocycles. The number of alkyl halides is 1. The van der Waals surface area contributed by atoms with E-state index in [1.165, 1.54) is 13.8 Å². The summed E-state index contributed by atoms with van der Waals surface area (Å²) in [6.45, 7) is 3.00. The average molecular weight is 160 g/mol. The molecule has 1 atom stereocenters. The van der Waals surface area contributed by atoms with Crippen molar-refractivity contribution in [1.82, 2.24) is 0 Å². The molecular formula is C8H13FO2.